The van der Waals surface area contributed by atoms with Gasteiger partial charge in [-0.3, -0.25) is 19.3 Å². The Balaban J connectivity index is 1.55. The molecule has 0 aliphatic carbocycles. The molecule has 0 radical (unpaired) electrons. The molecule has 0 unspecified atom stereocenters. The number of fused-ring (bicyclic) bond motifs is 2. The Morgan fingerprint density at radius 2 is 1.69 bits per heavy atom. The Morgan fingerprint density at radius 1 is 0.917 bits per heavy atom. The summed E-state index contributed by atoms with van der Waals surface area (Å²) >= 11 is 1.45. The molecule has 36 heavy (non-hydrogen) atoms. The van der Waals surface area contributed by atoms with Gasteiger partial charge in [0.25, 0.3) is 11.1 Å². The number of benzene rings is 2. The van der Waals surface area contributed by atoms with E-state index in [-0.39, 0.29) is 11.1 Å². The normalized spacial score (nSPS) is 11.5. The van der Waals surface area contributed by atoms with E-state index in [0.717, 1.165) is 21.5 Å². The van der Waals surface area contributed by atoms with Crippen molar-refractivity contribution in [1.29, 1.82) is 0 Å². The lowest BCUT2D eigenvalue weighted by Gasteiger charge is -2.12. The number of aryl methyl sites for hydroxylation is 2. The second kappa shape index (κ2) is 9.05. The van der Waals surface area contributed by atoms with Crippen LogP contribution in [0.25, 0.3) is 26.3 Å². The zero-order chi connectivity index (χ0) is 24.6. The van der Waals surface area contributed by atoms with Crippen molar-refractivity contribution in [3.05, 3.63) is 123 Å². The molecule has 0 bridgehead atoms. The van der Waals surface area contributed by atoms with Crippen LogP contribution in [0.15, 0.2) is 94.6 Å². The molecule has 8 heteroatoms. The van der Waals surface area contributed by atoms with Crippen LogP contribution in [0, 0.1) is 6.92 Å². The molecular weight excluding hydrogens is 470 g/mol. The molecule has 0 N–H and O–H groups in total. The van der Waals surface area contributed by atoms with Crippen LogP contribution >= 0.6 is 11.3 Å². The van der Waals surface area contributed by atoms with Crippen LogP contribution < -0.4 is 11.1 Å². The average molecular weight is 494 g/mol. The van der Waals surface area contributed by atoms with Crippen molar-refractivity contribution in [2.24, 2.45) is 0 Å². The highest BCUT2D eigenvalue weighted by molar-refractivity contribution is 7.20. The lowest BCUT2D eigenvalue weighted by atomic mass is 10.1. The summed E-state index contributed by atoms with van der Waals surface area (Å²) in [6, 6.07) is 25.1. The summed E-state index contributed by atoms with van der Waals surface area (Å²) in [6.07, 6.45) is 2.43. The first-order chi connectivity index (χ1) is 17.6. The summed E-state index contributed by atoms with van der Waals surface area (Å²) in [4.78, 5) is 36.4. The summed E-state index contributed by atoms with van der Waals surface area (Å²) in [5, 5.41) is 1.09. The van der Waals surface area contributed by atoms with Gasteiger partial charge in [0.15, 0.2) is 0 Å². The van der Waals surface area contributed by atoms with Crippen molar-refractivity contribution in [2.45, 2.75) is 26.4 Å². The summed E-state index contributed by atoms with van der Waals surface area (Å²) in [7, 11) is 0. The third-order valence-corrected chi connectivity index (χ3v) is 7.46. The summed E-state index contributed by atoms with van der Waals surface area (Å²) in [5.41, 5.74) is 3.69. The number of rotatable bonds is 6. The van der Waals surface area contributed by atoms with E-state index < -0.39 is 0 Å². The molecule has 6 rings (SSSR count). The molecule has 7 nitrogen and oxygen atoms in total. The topological polar surface area (TPSA) is 74.7 Å². The van der Waals surface area contributed by atoms with Gasteiger partial charge in [0.2, 0.25) is 5.13 Å². The molecule has 0 amide bonds. The molecule has 4 heterocycles. The fraction of sp³-hybridized carbons (Fsp3) is 0.143. The Kier molecular flexibility index (Phi) is 5.58. The van der Waals surface area contributed by atoms with E-state index in [4.69, 9.17) is 4.98 Å². The van der Waals surface area contributed by atoms with Crippen LogP contribution in [0.1, 0.15) is 17.0 Å². The largest absolute Gasteiger partial charge is 0.312 e. The van der Waals surface area contributed by atoms with Crippen molar-refractivity contribution in [3.63, 3.8) is 0 Å². The molecule has 0 atom stereocenters. The van der Waals surface area contributed by atoms with Crippen molar-refractivity contribution in [3.8, 4) is 5.13 Å². The van der Waals surface area contributed by atoms with E-state index in [1.165, 1.54) is 11.3 Å². The average Bonchev–Trinajstić information content (AvgIpc) is 3.43. The predicted octanol–water partition coefficient (Wildman–Crippen LogP) is 4.56. The standard InChI is InChI=1S/C28H23N5O2S/c1-19-26-23(17-25(34)31(19)16-14-20-9-3-2-4-10-20)32(18-21-11-7-8-15-29-21)33(27(26)35)28-30-22-12-5-6-13-24(22)36-28/h2-13,15,17H,14,16,18H2,1H3. The highest BCUT2D eigenvalue weighted by Crippen LogP contribution is 2.26. The number of para-hydroxylation sites is 1. The Hall–Kier alpha value is -4.30. The zero-order valence-electron chi connectivity index (χ0n) is 19.7. The Morgan fingerprint density at radius 3 is 2.47 bits per heavy atom. The van der Waals surface area contributed by atoms with E-state index >= 15 is 0 Å². The molecular formula is C28H23N5O2S. The molecule has 6 aromatic rings. The maximum Gasteiger partial charge on any atom is 0.283 e. The van der Waals surface area contributed by atoms with E-state index in [2.05, 4.69) is 4.98 Å². The summed E-state index contributed by atoms with van der Waals surface area (Å²) in [6.45, 7) is 2.68. The van der Waals surface area contributed by atoms with Gasteiger partial charge in [-0.05, 0) is 43.2 Å². The fourth-order valence-corrected chi connectivity index (χ4v) is 5.62. The highest BCUT2D eigenvalue weighted by Gasteiger charge is 2.22. The first kappa shape index (κ1) is 22.2. The summed E-state index contributed by atoms with van der Waals surface area (Å²) < 4.78 is 6.11. The van der Waals surface area contributed by atoms with Gasteiger partial charge in [0.1, 0.15) is 0 Å². The second-order valence-corrected chi connectivity index (χ2v) is 9.68. The number of nitrogens with zero attached hydrogens (tertiary/aromatic N) is 5. The number of thiazole rings is 1. The van der Waals surface area contributed by atoms with Crippen LogP contribution in [0.3, 0.4) is 0 Å². The first-order valence-corrected chi connectivity index (χ1v) is 12.6. The number of pyridine rings is 2. The van der Waals surface area contributed by atoms with Crippen LogP contribution in [-0.4, -0.2) is 23.9 Å². The van der Waals surface area contributed by atoms with Crippen molar-refractivity contribution in [2.75, 3.05) is 0 Å². The molecule has 0 fully saturated rings. The van der Waals surface area contributed by atoms with Gasteiger partial charge in [-0.1, -0.05) is 59.9 Å². The van der Waals surface area contributed by atoms with E-state index in [1.54, 1.807) is 21.5 Å². The maximum atomic E-state index is 13.9. The van der Waals surface area contributed by atoms with Crippen molar-refractivity contribution < 1.29 is 0 Å². The molecule has 0 aliphatic rings. The van der Waals surface area contributed by atoms with Crippen molar-refractivity contribution >= 4 is 32.5 Å². The first-order valence-electron chi connectivity index (χ1n) is 11.8. The van der Waals surface area contributed by atoms with Gasteiger partial charge in [-0.2, -0.15) is 4.68 Å². The number of hydrogen-bond acceptors (Lipinski definition) is 5. The minimum absolute atomic E-state index is 0.132. The van der Waals surface area contributed by atoms with E-state index in [9.17, 15) is 9.59 Å². The Labute approximate surface area is 210 Å². The number of aromatic nitrogens is 5. The van der Waals surface area contributed by atoms with Crippen LogP contribution in [-0.2, 0) is 19.5 Å². The quantitative estimate of drug-likeness (QED) is 0.341. The van der Waals surface area contributed by atoms with Gasteiger partial charge in [-0.15, -0.1) is 0 Å². The Bertz CT molecular complexity index is 1780. The summed E-state index contributed by atoms with van der Waals surface area (Å²) in [5.74, 6) is 0. The smallest absolute Gasteiger partial charge is 0.283 e. The van der Waals surface area contributed by atoms with Gasteiger partial charge in [0.05, 0.1) is 33.4 Å². The van der Waals surface area contributed by atoms with Crippen molar-refractivity contribution in [1.82, 2.24) is 23.9 Å². The minimum Gasteiger partial charge on any atom is -0.312 e. The minimum atomic E-state index is -0.189. The third-order valence-electron chi connectivity index (χ3n) is 6.44. The molecule has 2 aromatic carbocycles. The lowest BCUT2D eigenvalue weighted by molar-refractivity contribution is 0.601. The van der Waals surface area contributed by atoms with Gasteiger partial charge in [-0.25, -0.2) is 4.98 Å². The maximum absolute atomic E-state index is 13.9. The molecule has 0 spiro atoms. The lowest BCUT2D eigenvalue weighted by Crippen LogP contribution is -2.24. The van der Waals surface area contributed by atoms with Gasteiger partial charge in [0, 0.05) is 24.5 Å². The van der Waals surface area contributed by atoms with E-state index in [0.29, 0.717) is 41.2 Å². The predicted molar refractivity (Wildman–Crippen MR) is 143 cm³/mol. The van der Waals surface area contributed by atoms with Crippen LogP contribution in [0.2, 0.25) is 0 Å². The van der Waals surface area contributed by atoms with Gasteiger partial charge < -0.3 is 4.57 Å². The van der Waals surface area contributed by atoms with Crippen LogP contribution in [0.5, 0.6) is 0 Å². The molecule has 178 valence electrons. The molecule has 0 saturated carbocycles. The monoisotopic (exact) mass is 493 g/mol. The second-order valence-electron chi connectivity index (χ2n) is 8.68. The van der Waals surface area contributed by atoms with E-state index in [1.807, 2.05) is 84.4 Å². The number of hydrogen-bond donors (Lipinski definition) is 0. The fourth-order valence-electron chi connectivity index (χ4n) is 4.65. The highest BCUT2D eigenvalue weighted by atomic mass is 32.1. The SMILES string of the molecule is Cc1c2c(=O)n(-c3nc4ccccc4s3)n(Cc3ccccn3)c2cc(=O)n1CCc1ccccc1. The van der Waals surface area contributed by atoms with Crippen LogP contribution in [0.4, 0.5) is 0 Å². The molecule has 4 aromatic heterocycles. The van der Waals surface area contributed by atoms with Gasteiger partial charge >= 0.3 is 0 Å². The zero-order valence-corrected chi connectivity index (χ0v) is 20.5. The molecule has 0 saturated heterocycles. The third kappa shape index (κ3) is 3.85. The molecule has 0 aliphatic heterocycles.